The van der Waals surface area contributed by atoms with Gasteiger partial charge in [-0.3, -0.25) is 4.79 Å². The number of phenols is 1. The van der Waals surface area contributed by atoms with Gasteiger partial charge in [-0.15, -0.1) is 0 Å². The minimum absolute atomic E-state index is 0. The minimum atomic E-state index is -0.165. The van der Waals surface area contributed by atoms with E-state index >= 15 is 0 Å². The van der Waals surface area contributed by atoms with E-state index in [2.05, 4.69) is 4.99 Å². The van der Waals surface area contributed by atoms with Crippen molar-refractivity contribution < 1.29 is 51.8 Å². The first-order valence-corrected chi connectivity index (χ1v) is 5.48. The predicted molar refractivity (Wildman–Crippen MR) is 76.8 cm³/mol. The van der Waals surface area contributed by atoms with Crippen LogP contribution >= 0.6 is 23.2 Å². The Hall–Kier alpha value is -0.660. The van der Waals surface area contributed by atoms with Crippen LogP contribution < -0.4 is 29.6 Å². The molecular weight excluding hydrogens is 316 g/mol. The second-order valence-electron chi connectivity index (χ2n) is 3.36. The molecular formula is C12H12Cl2NNaO4. The van der Waals surface area contributed by atoms with Crippen LogP contribution in [0.3, 0.4) is 0 Å². The quantitative estimate of drug-likeness (QED) is 0.523. The number of ketones is 1. The van der Waals surface area contributed by atoms with Gasteiger partial charge in [0.05, 0.1) is 21.4 Å². The van der Waals surface area contributed by atoms with Crippen LogP contribution in [0, 0.1) is 0 Å². The van der Waals surface area contributed by atoms with E-state index < -0.39 is 0 Å². The fourth-order valence-corrected chi connectivity index (χ4v) is 1.76. The van der Waals surface area contributed by atoms with Gasteiger partial charge in [-0.05, 0) is 36.4 Å². The number of benzene rings is 1. The molecule has 5 N–H and O–H groups in total. The van der Waals surface area contributed by atoms with Gasteiger partial charge in [-0.2, -0.15) is 0 Å². The summed E-state index contributed by atoms with van der Waals surface area (Å²) in [6, 6.07) is 2.99. The molecule has 1 aromatic rings. The maximum atomic E-state index is 10.9. The third-order valence-corrected chi connectivity index (χ3v) is 2.67. The predicted octanol–water partition coefficient (Wildman–Crippen LogP) is -1.07. The molecule has 104 valence electrons. The summed E-state index contributed by atoms with van der Waals surface area (Å²) in [5.74, 6) is -0.243. The Bertz CT molecular complexity index is 550. The second-order valence-corrected chi connectivity index (χ2v) is 4.18. The van der Waals surface area contributed by atoms with Gasteiger partial charge in [0.15, 0.2) is 11.5 Å². The average Bonchev–Trinajstić information content (AvgIpc) is 2.29. The monoisotopic (exact) mass is 327 g/mol. The number of carbonyl (C=O) groups excluding carboxylic acids is 1. The van der Waals surface area contributed by atoms with Crippen LogP contribution in [-0.4, -0.2) is 27.6 Å². The summed E-state index contributed by atoms with van der Waals surface area (Å²) in [7, 11) is 0. The molecule has 2 rings (SSSR count). The van der Waals surface area contributed by atoms with Crippen LogP contribution in [0.5, 0.6) is 5.75 Å². The van der Waals surface area contributed by atoms with Crippen molar-refractivity contribution in [2.75, 3.05) is 0 Å². The zero-order valence-electron chi connectivity index (χ0n) is 11.5. The molecule has 0 saturated carbocycles. The van der Waals surface area contributed by atoms with Crippen molar-refractivity contribution in [1.29, 1.82) is 0 Å². The summed E-state index contributed by atoms with van der Waals surface area (Å²) in [4.78, 5) is 15.1. The van der Waals surface area contributed by atoms with E-state index in [9.17, 15) is 9.90 Å². The summed E-state index contributed by atoms with van der Waals surface area (Å²) in [6.45, 7) is 0. The van der Waals surface area contributed by atoms with E-state index in [-0.39, 0.29) is 63.5 Å². The Morgan fingerprint density at radius 1 is 1.00 bits per heavy atom. The fourth-order valence-electron chi connectivity index (χ4n) is 1.29. The standard InChI is InChI=1S/C12H7Cl2NO2.Na.2H2O.H/c13-10-5-8(6-11(14)12(10)17)15-7-1-3-9(16)4-2-7;;;;/h1-6,17H;;2*1H2;/q;+1;;;-1. The van der Waals surface area contributed by atoms with Gasteiger partial charge >= 0.3 is 29.6 Å². The Labute approximate surface area is 149 Å². The molecule has 0 radical (unpaired) electrons. The first kappa shape index (κ1) is 21.6. The molecule has 20 heavy (non-hydrogen) atoms. The fraction of sp³-hybridized carbons (Fsp3) is 0. The van der Waals surface area contributed by atoms with Crippen LogP contribution in [0.15, 0.2) is 41.4 Å². The number of aromatic hydroxyl groups is 1. The smallest absolute Gasteiger partial charge is 1.00 e. The van der Waals surface area contributed by atoms with Gasteiger partial charge in [0.25, 0.3) is 0 Å². The van der Waals surface area contributed by atoms with Crippen LogP contribution in [0.4, 0.5) is 5.69 Å². The zero-order chi connectivity index (χ0) is 12.4. The van der Waals surface area contributed by atoms with Crippen molar-refractivity contribution in [2.45, 2.75) is 0 Å². The van der Waals surface area contributed by atoms with E-state index in [4.69, 9.17) is 23.2 Å². The van der Waals surface area contributed by atoms with Crippen molar-refractivity contribution in [3.8, 4) is 5.75 Å². The second kappa shape index (κ2) is 9.31. The molecule has 0 aromatic heterocycles. The molecule has 0 bridgehead atoms. The summed E-state index contributed by atoms with van der Waals surface area (Å²) >= 11 is 11.5. The SMILES string of the molecule is O.O.O=C1C=CC(=Nc2cc(Cl)c(O)c(Cl)c2)C=C1.[H-].[Na+]. The van der Waals surface area contributed by atoms with Crippen molar-refractivity contribution in [3.05, 3.63) is 46.5 Å². The third kappa shape index (κ3) is 5.38. The number of rotatable bonds is 1. The van der Waals surface area contributed by atoms with Crippen molar-refractivity contribution in [2.24, 2.45) is 4.99 Å². The summed E-state index contributed by atoms with van der Waals surface area (Å²) in [5, 5.41) is 9.66. The van der Waals surface area contributed by atoms with Crippen LogP contribution in [0.2, 0.25) is 10.0 Å². The number of carbonyl (C=O) groups is 1. The first-order chi connectivity index (χ1) is 8.06. The maximum Gasteiger partial charge on any atom is 1.00 e. The van der Waals surface area contributed by atoms with Crippen molar-refractivity contribution >= 4 is 40.4 Å². The number of allylic oxidation sites excluding steroid dienone is 4. The van der Waals surface area contributed by atoms with E-state index in [1.165, 1.54) is 24.3 Å². The van der Waals surface area contributed by atoms with Gasteiger partial charge in [0, 0.05) is 0 Å². The molecule has 0 saturated heterocycles. The minimum Gasteiger partial charge on any atom is -1.00 e. The number of halogens is 2. The Morgan fingerprint density at radius 2 is 1.45 bits per heavy atom. The number of phenolic OH excluding ortho intramolecular Hbond substituents is 1. The van der Waals surface area contributed by atoms with Crippen LogP contribution in [0.25, 0.3) is 0 Å². The van der Waals surface area contributed by atoms with Gasteiger partial charge in [-0.25, -0.2) is 4.99 Å². The van der Waals surface area contributed by atoms with Gasteiger partial charge in [-0.1, -0.05) is 23.2 Å². The number of hydrogen-bond donors (Lipinski definition) is 1. The third-order valence-electron chi connectivity index (χ3n) is 2.10. The molecule has 1 aliphatic carbocycles. The first-order valence-electron chi connectivity index (χ1n) is 4.73. The summed E-state index contributed by atoms with van der Waals surface area (Å²) in [5.41, 5.74) is 1.12. The Balaban J connectivity index is -0.000000810. The average molecular weight is 328 g/mol. The molecule has 0 heterocycles. The molecule has 5 nitrogen and oxygen atoms in total. The Kier molecular flexibility index (Phi) is 10.1. The van der Waals surface area contributed by atoms with E-state index in [0.717, 1.165) is 0 Å². The zero-order valence-corrected chi connectivity index (χ0v) is 14.0. The summed E-state index contributed by atoms with van der Waals surface area (Å²) in [6.07, 6.45) is 6.03. The Morgan fingerprint density at radius 3 is 1.90 bits per heavy atom. The molecule has 0 aliphatic heterocycles. The van der Waals surface area contributed by atoms with Crippen molar-refractivity contribution in [3.63, 3.8) is 0 Å². The maximum absolute atomic E-state index is 10.9. The number of hydrogen-bond acceptors (Lipinski definition) is 3. The molecule has 1 aromatic carbocycles. The topological polar surface area (TPSA) is 113 Å². The normalized spacial score (nSPS) is 12.1. The molecule has 0 unspecified atom stereocenters. The molecule has 0 atom stereocenters. The molecule has 0 fully saturated rings. The van der Waals surface area contributed by atoms with Crippen molar-refractivity contribution in [1.82, 2.24) is 0 Å². The van der Waals surface area contributed by atoms with E-state index in [0.29, 0.717) is 11.4 Å². The van der Waals surface area contributed by atoms with E-state index in [1.807, 2.05) is 0 Å². The molecule has 1 aliphatic rings. The number of nitrogens with zero attached hydrogens (tertiary/aromatic N) is 1. The van der Waals surface area contributed by atoms with E-state index in [1.54, 1.807) is 12.2 Å². The number of aliphatic imine (C=N–C) groups is 1. The molecule has 0 amide bonds. The van der Waals surface area contributed by atoms with Crippen LogP contribution in [0.1, 0.15) is 1.43 Å². The molecule has 0 spiro atoms. The van der Waals surface area contributed by atoms with Gasteiger partial charge in [0.2, 0.25) is 0 Å². The van der Waals surface area contributed by atoms with Gasteiger partial charge < -0.3 is 17.5 Å². The van der Waals surface area contributed by atoms with Crippen LogP contribution in [-0.2, 0) is 4.79 Å². The largest absolute Gasteiger partial charge is 1.00 e. The molecule has 8 heteroatoms. The van der Waals surface area contributed by atoms with Gasteiger partial charge in [0.1, 0.15) is 0 Å². The summed E-state index contributed by atoms with van der Waals surface area (Å²) < 4.78 is 0.